The smallest absolute Gasteiger partial charge is 0.265 e. The summed E-state index contributed by atoms with van der Waals surface area (Å²) in [6.07, 6.45) is 2.49. The molecule has 0 aromatic heterocycles. The van der Waals surface area contributed by atoms with E-state index in [2.05, 4.69) is 15.2 Å². The molecule has 0 aliphatic carbocycles. The van der Waals surface area contributed by atoms with Gasteiger partial charge >= 0.3 is 0 Å². The summed E-state index contributed by atoms with van der Waals surface area (Å²) < 4.78 is 14.0. The van der Waals surface area contributed by atoms with Crippen molar-refractivity contribution < 1.29 is 9.18 Å². The fourth-order valence-electron chi connectivity index (χ4n) is 3.36. The number of carbonyl (C=O) groups is 1. The molecule has 2 aliphatic rings. The van der Waals surface area contributed by atoms with E-state index in [0.717, 1.165) is 19.6 Å². The number of rotatable bonds is 3. The molecule has 2 heterocycles. The van der Waals surface area contributed by atoms with Crippen LogP contribution in [-0.4, -0.2) is 47.9 Å². The number of hydrogen-bond donors (Lipinski definition) is 2. The maximum atomic E-state index is 14.0. The van der Waals surface area contributed by atoms with E-state index in [1.54, 1.807) is 6.07 Å². The number of hydrogen-bond acceptors (Lipinski definition) is 4. The van der Waals surface area contributed by atoms with Gasteiger partial charge < -0.3 is 0 Å². The summed E-state index contributed by atoms with van der Waals surface area (Å²) in [6.45, 7) is 4.71. The topological polar surface area (TPSA) is 61.6 Å². The number of piperazine rings is 1. The van der Waals surface area contributed by atoms with E-state index in [-0.39, 0.29) is 5.82 Å². The molecule has 114 valence electrons. The number of fused-ring (bicyclic) bond motifs is 1. The minimum Gasteiger partial charge on any atom is -0.298 e. The summed E-state index contributed by atoms with van der Waals surface area (Å²) >= 11 is 0. The maximum absolute atomic E-state index is 14.0. The summed E-state index contributed by atoms with van der Waals surface area (Å²) in [4.78, 5) is 16.3. The lowest BCUT2D eigenvalue weighted by molar-refractivity contribution is 0.0949. The van der Waals surface area contributed by atoms with Crippen LogP contribution in [0.25, 0.3) is 0 Å². The van der Waals surface area contributed by atoms with Crippen LogP contribution in [0.3, 0.4) is 0 Å². The molecular formula is C15H21FN4O. The molecule has 21 heavy (non-hydrogen) atoms. The van der Waals surface area contributed by atoms with Crippen molar-refractivity contribution in [2.75, 3.05) is 26.2 Å². The van der Waals surface area contributed by atoms with Gasteiger partial charge in [0.2, 0.25) is 0 Å². The first-order chi connectivity index (χ1) is 10.2. The van der Waals surface area contributed by atoms with Crippen LogP contribution < -0.4 is 11.3 Å². The molecule has 1 unspecified atom stereocenters. The Morgan fingerprint density at radius 3 is 3.05 bits per heavy atom. The van der Waals surface area contributed by atoms with Gasteiger partial charge in [0.15, 0.2) is 0 Å². The van der Waals surface area contributed by atoms with Crippen molar-refractivity contribution in [2.24, 2.45) is 5.84 Å². The lowest BCUT2D eigenvalue weighted by Crippen LogP contribution is -2.49. The molecule has 3 N–H and O–H groups in total. The van der Waals surface area contributed by atoms with E-state index in [1.165, 1.54) is 31.5 Å². The highest BCUT2D eigenvalue weighted by molar-refractivity contribution is 5.93. The van der Waals surface area contributed by atoms with Gasteiger partial charge in [-0.05, 0) is 37.6 Å². The molecule has 3 rings (SSSR count). The molecule has 0 spiro atoms. The first-order valence-corrected chi connectivity index (χ1v) is 7.43. The zero-order valence-corrected chi connectivity index (χ0v) is 12.0. The van der Waals surface area contributed by atoms with Crippen molar-refractivity contribution >= 4 is 5.91 Å². The van der Waals surface area contributed by atoms with Gasteiger partial charge in [-0.2, -0.15) is 0 Å². The van der Waals surface area contributed by atoms with Crippen LogP contribution in [0.2, 0.25) is 0 Å². The van der Waals surface area contributed by atoms with E-state index in [4.69, 9.17) is 5.84 Å². The van der Waals surface area contributed by atoms with Crippen molar-refractivity contribution in [3.05, 3.63) is 35.1 Å². The van der Waals surface area contributed by atoms with Crippen LogP contribution in [0.4, 0.5) is 4.39 Å². The number of nitrogens with one attached hydrogen (secondary N) is 1. The second-order valence-electron chi connectivity index (χ2n) is 5.85. The second-order valence-corrected chi connectivity index (χ2v) is 5.85. The molecule has 2 aliphatic heterocycles. The Balaban J connectivity index is 1.70. The van der Waals surface area contributed by atoms with Crippen LogP contribution in [-0.2, 0) is 6.54 Å². The first kappa shape index (κ1) is 14.4. The molecule has 1 aromatic rings. The van der Waals surface area contributed by atoms with Gasteiger partial charge in [0.25, 0.3) is 5.91 Å². The van der Waals surface area contributed by atoms with Gasteiger partial charge in [0, 0.05) is 43.3 Å². The molecule has 2 saturated heterocycles. The van der Waals surface area contributed by atoms with Gasteiger partial charge in [0.05, 0.1) is 0 Å². The van der Waals surface area contributed by atoms with Crippen molar-refractivity contribution in [1.82, 2.24) is 15.2 Å². The quantitative estimate of drug-likeness (QED) is 0.489. The van der Waals surface area contributed by atoms with E-state index in [1.807, 2.05) is 0 Å². The van der Waals surface area contributed by atoms with Crippen molar-refractivity contribution in [1.29, 1.82) is 0 Å². The Hall–Kier alpha value is -1.50. The fourth-order valence-corrected chi connectivity index (χ4v) is 3.36. The molecule has 6 heteroatoms. The monoisotopic (exact) mass is 292 g/mol. The Bertz CT molecular complexity index is 536. The van der Waals surface area contributed by atoms with Gasteiger partial charge in [0.1, 0.15) is 5.82 Å². The number of carbonyl (C=O) groups excluding carboxylic acids is 1. The summed E-state index contributed by atoms with van der Waals surface area (Å²) in [6, 6.07) is 5.00. The number of amides is 1. The molecule has 0 radical (unpaired) electrons. The molecule has 1 atom stereocenters. The average molecular weight is 292 g/mol. The molecule has 1 aromatic carbocycles. The third-order valence-corrected chi connectivity index (χ3v) is 4.50. The third kappa shape index (κ3) is 3.07. The number of halogens is 1. The molecule has 0 saturated carbocycles. The Labute approximate surface area is 123 Å². The van der Waals surface area contributed by atoms with Crippen molar-refractivity contribution in [3.63, 3.8) is 0 Å². The molecule has 0 bridgehead atoms. The van der Waals surface area contributed by atoms with Crippen LogP contribution in [0, 0.1) is 5.82 Å². The predicted molar refractivity (Wildman–Crippen MR) is 77.9 cm³/mol. The van der Waals surface area contributed by atoms with Crippen LogP contribution in [0.1, 0.15) is 28.8 Å². The number of nitrogen functional groups attached to an aromatic ring is 1. The number of hydrazine groups is 1. The lowest BCUT2D eigenvalue weighted by Gasteiger charge is -2.37. The number of nitrogens with zero attached hydrogens (tertiary/aromatic N) is 2. The Morgan fingerprint density at radius 1 is 1.38 bits per heavy atom. The summed E-state index contributed by atoms with van der Waals surface area (Å²) in [5.74, 6) is 4.47. The largest absolute Gasteiger partial charge is 0.298 e. The SMILES string of the molecule is NNC(=O)c1ccc(F)c(CN2CCN3CCCC3C2)c1. The first-order valence-electron chi connectivity index (χ1n) is 7.43. The van der Waals surface area contributed by atoms with Gasteiger partial charge in [-0.3, -0.25) is 20.0 Å². The van der Waals surface area contributed by atoms with E-state index < -0.39 is 5.91 Å². The fraction of sp³-hybridized carbons (Fsp3) is 0.533. The Kier molecular flexibility index (Phi) is 4.19. The summed E-state index contributed by atoms with van der Waals surface area (Å²) in [7, 11) is 0. The van der Waals surface area contributed by atoms with E-state index in [0.29, 0.717) is 23.7 Å². The number of nitrogens with two attached hydrogens (primary N) is 1. The predicted octanol–water partition coefficient (Wildman–Crippen LogP) is 0.709. The van der Waals surface area contributed by atoms with Crippen LogP contribution in [0.15, 0.2) is 18.2 Å². The minimum atomic E-state index is -0.392. The molecule has 1 amide bonds. The molecule has 5 nitrogen and oxygen atoms in total. The van der Waals surface area contributed by atoms with Crippen molar-refractivity contribution in [2.45, 2.75) is 25.4 Å². The van der Waals surface area contributed by atoms with Crippen LogP contribution >= 0.6 is 0 Å². The van der Waals surface area contributed by atoms with Crippen molar-refractivity contribution in [3.8, 4) is 0 Å². The number of benzene rings is 1. The van der Waals surface area contributed by atoms with Gasteiger partial charge in [-0.15, -0.1) is 0 Å². The van der Waals surface area contributed by atoms with E-state index in [9.17, 15) is 9.18 Å². The highest BCUT2D eigenvalue weighted by Gasteiger charge is 2.30. The lowest BCUT2D eigenvalue weighted by atomic mass is 10.1. The maximum Gasteiger partial charge on any atom is 0.265 e. The minimum absolute atomic E-state index is 0.266. The Morgan fingerprint density at radius 2 is 2.24 bits per heavy atom. The highest BCUT2D eigenvalue weighted by atomic mass is 19.1. The van der Waals surface area contributed by atoms with E-state index >= 15 is 0 Å². The van der Waals surface area contributed by atoms with Crippen LogP contribution in [0.5, 0.6) is 0 Å². The molecule has 2 fully saturated rings. The highest BCUT2D eigenvalue weighted by Crippen LogP contribution is 2.23. The average Bonchev–Trinajstić information content (AvgIpc) is 2.96. The zero-order chi connectivity index (χ0) is 14.8. The molecular weight excluding hydrogens is 271 g/mol. The zero-order valence-electron chi connectivity index (χ0n) is 12.0. The third-order valence-electron chi connectivity index (χ3n) is 4.50. The van der Waals surface area contributed by atoms with Gasteiger partial charge in [-0.1, -0.05) is 0 Å². The standard InChI is InChI=1S/C15H21FN4O/c16-14-4-3-11(15(21)18-17)8-12(14)9-19-6-7-20-5-1-2-13(20)10-19/h3-4,8,13H,1-2,5-7,9-10,17H2,(H,18,21). The second kappa shape index (κ2) is 6.09. The summed E-state index contributed by atoms with van der Waals surface area (Å²) in [5, 5.41) is 0. The normalized spacial score (nSPS) is 23.0. The van der Waals surface area contributed by atoms with Gasteiger partial charge in [-0.25, -0.2) is 10.2 Å². The summed E-state index contributed by atoms with van der Waals surface area (Å²) in [5.41, 5.74) is 3.03.